The van der Waals surface area contributed by atoms with Crippen LogP contribution in [0.4, 0.5) is 0 Å². The minimum atomic E-state index is -1.67. The van der Waals surface area contributed by atoms with Crippen LogP contribution in [0.5, 0.6) is 0 Å². The van der Waals surface area contributed by atoms with Crippen molar-refractivity contribution in [1.82, 2.24) is 0 Å². The van der Waals surface area contributed by atoms with Gasteiger partial charge in [-0.25, -0.2) is 0 Å². The Morgan fingerprint density at radius 3 is 1.17 bits per heavy atom. The largest absolute Gasteiger partial charge is 0.414 e. The molecule has 0 unspecified atom stereocenters. The SMILES string of the molecule is CC(C)OCCOCCOCCOCCOCCOCCO[Si](C)(C)C(C)(C)C. The van der Waals surface area contributed by atoms with E-state index in [1.165, 1.54) is 0 Å². The number of hydrogen-bond acceptors (Lipinski definition) is 7. The molecule has 0 rings (SSSR count). The third-order valence-electron chi connectivity index (χ3n) is 4.66. The van der Waals surface area contributed by atoms with Crippen LogP contribution in [-0.4, -0.2) is 93.7 Å². The highest BCUT2D eigenvalue weighted by atomic mass is 28.4. The third-order valence-corrected chi connectivity index (χ3v) is 9.20. The average Bonchev–Trinajstić information content (AvgIpc) is 2.62. The topological polar surface area (TPSA) is 64.6 Å². The van der Waals surface area contributed by atoms with Gasteiger partial charge in [0.25, 0.3) is 0 Å². The maximum absolute atomic E-state index is 6.05. The Balaban J connectivity index is 3.19. The molecular formula is C21H46O7Si. The normalized spacial score (nSPS) is 12.8. The van der Waals surface area contributed by atoms with E-state index in [-0.39, 0.29) is 11.1 Å². The Hall–Kier alpha value is -0.0631. The summed E-state index contributed by atoms with van der Waals surface area (Å²) in [7, 11) is -1.67. The van der Waals surface area contributed by atoms with Crippen LogP contribution in [0, 0.1) is 0 Å². The van der Waals surface area contributed by atoms with E-state index in [1.54, 1.807) is 0 Å². The quantitative estimate of drug-likeness (QED) is 0.213. The maximum atomic E-state index is 6.05. The van der Waals surface area contributed by atoms with E-state index < -0.39 is 8.32 Å². The highest BCUT2D eigenvalue weighted by Gasteiger charge is 2.36. The summed E-state index contributed by atoms with van der Waals surface area (Å²) < 4.78 is 38.7. The van der Waals surface area contributed by atoms with Crippen LogP contribution < -0.4 is 0 Å². The summed E-state index contributed by atoms with van der Waals surface area (Å²) in [6, 6.07) is 0. The monoisotopic (exact) mass is 438 g/mol. The fraction of sp³-hybridized carbons (Fsp3) is 1.00. The molecule has 0 aromatic rings. The zero-order chi connectivity index (χ0) is 22.0. The van der Waals surface area contributed by atoms with Gasteiger partial charge in [0, 0.05) is 0 Å². The Morgan fingerprint density at radius 1 is 0.552 bits per heavy atom. The molecule has 0 aromatic heterocycles. The Bertz CT molecular complexity index is 359. The standard InChI is InChI=1S/C21H46O7Si/c1-20(2)27-18-16-25-14-12-23-10-8-22-9-11-24-13-15-26-17-19-28-29(6,7)21(3,4)5/h20H,8-19H2,1-7H3. The second-order valence-corrected chi connectivity index (χ2v) is 13.4. The molecule has 0 spiro atoms. The van der Waals surface area contributed by atoms with Crippen LogP contribution in [0.15, 0.2) is 0 Å². The lowest BCUT2D eigenvalue weighted by Crippen LogP contribution is -2.41. The van der Waals surface area contributed by atoms with Gasteiger partial charge in [0.2, 0.25) is 0 Å². The molecule has 176 valence electrons. The van der Waals surface area contributed by atoms with Gasteiger partial charge in [-0.1, -0.05) is 20.8 Å². The van der Waals surface area contributed by atoms with Crippen molar-refractivity contribution in [2.45, 2.75) is 58.9 Å². The first kappa shape index (κ1) is 28.9. The predicted molar refractivity (Wildman–Crippen MR) is 118 cm³/mol. The van der Waals surface area contributed by atoms with Gasteiger partial charge in [-0.2, -0.15) is 0 Å². The molecule has 0 heterocycles. The van der Waals surface area contributed by atoms with Crippen LogP contribution in [0.25, 0.3) is 0 Å². The van der Waals surface area contributed by atoms with E-state index in [2.05, 4.69) is 33.9 Å². The molecule has 0 radical (unpaired) electrons. The fourth-order valence-electron chi connectivity index (χ4n) is 1.90. The molecule has 0 aliphatic heterocycles. The lowest BCUT2D eigenvalue weighted by molar-refractivity contribution is -0.0220. The summed E-state index contributed by atoms with van der Waals surface area (Å²) in [5.41, 5.74) is 0. The molecule has 8 heteroatoms. The summed E-state index contributed by atoms with van der Waals surface area (Å²) in [4.78, 5) is 0. The molecule has 29 heavy (non-hydrogen) atoms. The molecular weight excluding hydrogens is 392 g/mol. The second-order valence-electron chi connectivity index (χ2n) is 8.59. The summed E-state index contributed by atoms with van der Waals surface area (Å²) in [5.74, 6) is 0. The molecule has 0 aromatic carbocycles. The minimum Gasteiger partial charge on any atom is -0.414 e. The number of rotatable bonds is 20. The van der Waals surface area contributed by atoms with E-state index in [4.69, 9.17) is 32.8 Å². The predicted octanol–water partition coefficient (Wildman–Crippen LogP) is 3.52. The van der Waals surface area contributed by atoms with Crippen LogP contribution in [0.3, 0.4) is 0 Å². The Morgan fingerprint density at radius 2 is 0.862 bits per heavy atom. The van der Waals surface area contributed by atoms with Crippen molar-refractivity contribution in [3.05, 3.63) is 0 Å². The van der Waals surface area contributed by atoms with Crippen molar-refractivity contribution in [2.24, 2.45) is 0 Å². The van der Waals surface area contributed by atoms with Crippen molar-refractivity contribution >= 4 is 8.32 Å². The van der Waals surface area contributed by atoms with Crippen molar-refractivity contribution < 1.29 is 32.8 Å². The van der Waals surface area contributed by atoms with Gasteiger partial charge in [-0.05, 0) is 32.0 Å². The van der Waals surface area contributed by atoms with E-state index in [0.29, 0.717) is 79.3 Å². The summed E-state index contributed by atoms with van der Waals surface area (Å²) >= 11 is 0. The van der Waals surface area contributed by atoms with Gasteiger partial charge in [0.15, 0.2) is 8.32 Å². The molecule has 0 amide bonds. The molecule has 0 saturated carbocycles. The molecule has 7 nitrogen and oxygen atoms in total. The third kappa shape index (κ3) is 18.4. The first-order valence-electron chi connectivity index (χ1n) is 10.8. The summed E-state index contributed by atoms with van der Waals surface area (Å²) in [5, 5.41) is 0.234. The molecule has 0 atom stereocenters. The minimum absolute atomic E-state index is 0.234. The average molecular weight is 439 g/mol. The van der Waals surface area contributed by atoms with Crippen LogP contribution in [-0.2, 0) is 32.8 Å². The van der Waals surface area contributed by atoms with Crippen LogP contribution in [0.1, 0.15) is 34.6 Å². The lowest BCUT2D eigenvalue weighted by atomic mass is 10.2. The van der Waals surface area contributed by atoms with Crippen molar-refractivity contribution in [3.63, 3.8) is 0 Å². The molecule has 0 fully saturated rings. The molecule has 0 aliphatic carbocycles. The van der Waals surface area contributed by atoms with E-state index >= 15 is 0 Å². The number of ether oxygens (including phenoxy) is 6. The van der Waals surface area contributed by atoms with Gasteiger partial charge >= 0.3 is 0 Å². The highest BCUT2D eigenvalue weighted by Crippen LogP contribution is 2.36. The van der Waals surface area contributed by atoms with E-state index in [1.807, 2.05) is 13.8 Å². The summed E-state index contributed by atoms with van der Waals surface area (Å²) in [6.07, 6.45) is 0.246. The smallest absolute Gasteiger partial charge is 0.192 e. The molecule has 0 N–H and O–H groups in total. The van der Waals surface area contributed by atoms with Crippen molar-refractivity contribution in [3.8, 4) is 0 Å². The maximum Gasteiger partial charge on any atom is 0.192 e. The summed E-state index contributed by atoms with van der Waals surface area (Å²) in [6.45, 7) is 22.2. The van der Waals surface area contributed by atoms with Gasteiger partial charge in [0.1, 0.15) is 0 Å². The van der Waals surface area contributed by atoms with E-state index in [0.717, 1.165) is 0 Å². The first-order chi connectivity index (χ1) is 13.7. The fourth-order valence-corrected chi connectivity index (χ4v) is 2.92. The van der Waals surface area contributed by atoms with Crippen LogP contribution in [0.2, 0.25) is 18.1 Å². The second kappa shape index (κ2) is 17.6. The van der Waals surface area contributed by atoms with Crippen molar-refractivity contribution in [2.75, 3.05) is 79.3 Å². The lowest BCUT2D eigenvalue weighted by Gasteiger charge is -2.36. The molecule has 0 bridgehead atoms. The molecule has 0 saturated heterocycles. The Labute approximate surface area is 179 Å². The number of hydrogen-bond donors (Lipinski definition) is 0. The zero-order valence-corrected chi connectivity index (χ0v) is 20.9. The van der Waals surface area contributed by atoms with Gasteiger partial charge in [-0.15, -0.1) is 0 Å². The van der Waals surface area contributed by atoms with Gasteiger partial charge in [0.05, 0.1) is 85.4 Å². The molecule has 0 aliphatic rings. The highest BCUT2D eigenvalue weighted by molar-refractivity contribution is 6.74. The van der Waals surface area contributed by atoms with E-state index in [9.17, 15) is 0 Å². The van der Waals surface area contributed by atoms with Crippen LogP contribution >= 0.6 is 0 Å². The van der Waals surface area contributed by atoms with Gasteiger partial charge < -0.3 is 32.8 Å². The van der Waals surface area contributed by atoms with Crippen molar-refractivity contribution in [1.29, 1.82) is 0 Å². The first-order valence-corrected chi connectivity index (χ1v) is 13.7. The zero-order valence-electron chi connectivity index (χ0n) is 19.9. The van der Waals surface area contributed by atoms with Gasteiger partial charge in [-0.3, -0.25) is 0 Å². The Kier molecular flexibility index (Phi) is 17.6.